The van der Waals surface area contributed by atoms with Gasteiger partial charge in [0.05, 0.1) is 35.3 Å². The molecule has 168 valence electrons. The minimum absolute atomic E-state index is 0.0461. The summed E-state index contributed by atoms with van der Waals surface area (Å²) < 4.78 is 10.5. The average molecular weight is 458 g/mol. The normalized spacial score (nSPS) is 16.1. The second-order valence-electron chi connectivity index (χ2n) is 6.73. The molecule has 1 fully saturated rings. The first-order valence-corrected chi connectivity index (χ1v) is 10.8. The minimum atomic E-state index is -0.588. The Morgan fingerprint density at radius 1 is 1.25 bits per heavy atom. The smallest absolute Gasteiger partial charge is 0.274 e. The summed E-state index contributed by atoms with van der Waals surface area (Å²) >= 11 is 1.14. The highest BCUT2D eigenvalue weighted by Crippen LogP contribution is 2.39. The lowest BCUT2D eigenvalue weighted by Gasteiger charge is -2.14. The fraction of sp³-hybridized carbons (Fsp3) is 0.273. The van der Waals surface area contributed by atoms with Gasteiger partial charge < -0.3 is 14.6 Å². The Kier molecular flexibility index (Phi) is 7.37. The van der Waals surface area contributed by atoms with Crippen molar-refractivity contribution in [1.82, 2.24) is 4.90 Å². The highest BCUT2D eigenvalue weighted by atomic mass is 32.2. The van der Waals surface area contributed by atoms with Crippen molar-refractivity contribution < 1.29 is 24.3 Å². The second kappa shape index (κ2) is 10.2. The van der Waals surface area contributed by atoms with Crippen LogP contribution >= 0.6 is 11.8 Å². The molecule has 1 aliphatic heterocycles. The summed E-state index contributed by atoms with van der Waals surface area (Å²) in [5, 5.41) is 22.1. The predicted molar refractivity (Wildman–Crippen MR) is 124 cm³/mol. The van der Waals surface area contributed by atoms with Gasteiger partial charge in [0.2, 0.25) is 0 Å². The number of amidine groups is 1. The van der Waals surface area contributed by atoms with E-state index in [-0.39, 0.29) is 28.7 Å². The number of nitro benzene ring substituents is 1. The maximum absolute atomic E-state index is 13.0. The van der Waals surface area contributed by atoms with Crippen molar-refractivity contribution in [3.8, 4) is 17.2 Å². The topological polar surface area (TPSA) is 115 Å². The molecular formula is C22H23N3O6S. The fourth-order valence-electron chi connectivity index (χ4n) is 3.03. The van der Waals surface area contributed by atoms with E-state index < -0.39 is 4.92 Å². The second-order valence-corrected chi connectivity index (χ2v) is 7.74. The maximum Gasteiger partial charge on any atom is 0.274 e. The molecule has 1 heterocycles. The number of ether oxygens (including phenoxy) is 2. The quantitative estimate of drug-likeness (QED) is 0.346. The molecule has 9 nitrogen and oxygen atoms in total. The summed E-state index contributed by atoms with van der Waals surface area (Å²) in [5.74, 6) is 0.118. The molecule has 0 aromatic heterocycles. The number of aromatic hydroxyl groups is 1. The van der Waals surface area contributed by atoms with Crippen LogP contribution in [0.15, 0.2) is 46.3 Å². The molecule has 32 heavy (non-hydrogen) atoms. The molecule has 3 rings (SSSR count). The van der Waals surface area contributed by atoms with Crippen LogP contribution < -0.4 is 9.47 Å². The number of thioether (sulfide) groups is 1. The summed E-state index contributed by atoms with van der Waals surface area (Å²) in [5.41, 5.74) is 0.521. The third-order valence-corrected chi connectivity index (χ3v) is 5.52. The molecule has 1 N–H and O–H groups in total. The molecule has 0 atom stereocenters. The lowest BCUT2D eigenvalue weighted by Crippen LogP contribution is -2.29. The van der Waals surface area contributed by atoms with Crippen molar-refractivity contribution in [2.45, 2.75) is 20.3 Å². The van der Waals surface area contributed by atoms with Gasteiger partial charge in [-0.3, -0.25) is 19.8 Å². The molecule has 2 aromatic carbocycles. The lowest BCUT2D eigenvalue weighted by molar-refractivity contribution is -0.385. The molecule has 1 aliphatic rings. The number of phenolic OH excluding ortho intramolecular Hbond substituents is 1. The van der Waals surface area contributed by atoms with E-state index in [1.165, 1.54) is 19.3 Å². The van der Waals surface area contributed by atoms with Crippen molar-refractivity contribution in [3.05, 3.63) is 57.0 Å². The van der Waals surface area contributed by atoms with Gasteiger partial charge in [0.1, 0.15) is 5.75 Å². The molecule has 0 spiro atoms. The summed E-state index contributed by atoms with van der Waals surface area (Å²) in [6.45, 7) is 4.88. The largest absolute Gasteiger partial charge is 0.504 e. The van der Waals surface area contributed by atoms with Gasteiger partial charge >= 0.3 is 0 Å². The number of methoxy groups -OCH3 is 1. The van der Waals surface area contributed by atoms with E-state index in [2.05, 4.69) is 4.99 Å². The Labute approximate surface area is 189 Å². The third kappa shape index (κ3) is 5.02. The van der Waals surface area contributed by atoms with Crippen molar-refractivity contribution in [2.24, 2.45) is 4.99 Å². The van der Waals surface area contributed by atoms with E-state index in [1.807, 2.05) is 13.8 Å². The standard InChI is InChI=1S/C22H23N3O6S/c1-4-10-24-21(27)19(12-14-11-16(25(28)29)13-18(30-3)20(14)26)32-22(24)23-15-6-8-17(9-7-15)31-5-2/h6-9,11-13,26H,4-5,10H2,1-3H3/b19-12+,23-22?. The number of hydrogen-bond donors (Lipinski definition) is 1. The maximum atomic E-state index is 13.0. The molecule has 0 aliphatic carbocycles. The van der Waals surface area contributed by atoms with Gasteiger partial charge in [0.15, 0.2) is 16.7 Å². The molecule has 0 bridgehead atoms. The van der Waals surface area contributed by atoms with Gasteiger partial charge in [0.25, 0.3) is 11.6 Å². The molecule has 0 unspecified atom stereocenters. The zero-order valence-electron chi connectivity index (χ0n) is 17.9. The first-order valence-electron chi connectivity index (χ1n) is 9.96. The minimum Gasteiger partial charge on any atom is -0.504 e. The van der Waals surface area contributed by atoms with Gasteiger partial charge in [0, 0.05) is 18.2 Å². The summed E-state index contributed by atoms with van der Waals surface area (Å²) in [4.78, 5) is 30.1. The highest BCUT2D eigenvalue weighted by Gasteiger charge is 2.33. The Balaban J connectivity index is 1.99. The van der Waals surface area contributed by atoms with E-state index in [1.54, 1.807) is 29.2 Å². The fourth-order valence-corrected chi connectivity index (χ4v) is 4.05. The van der Waals surface area contributed by atoms with Crippen LogP contribution in [0.1, 0.15) is 25.8 Å². The Bertz CT molecular complexity index is 1080. The zero-order chi connectivity index (χ0) is 23.3. The monoisotopic (exact) mass is 457 g/mol. The van der Waals surface area contributed by atoms with Crippen molar-refractivity contribution in [1.29, 1.82) is 0 Å². The van der Waals surface area contributed by atoms with Gasteiger partial charge in [-0.05, 0) is 55.4 Å². The lowest BCUT2D eigenvalue weighted by atomic mass is 10.1. The van der Waals surface area contributed by atoms with E-state index in [4.69, 9.17) is 9.47 Å². The number of carbonyl (C=O) groups is 1. The van der Waals surface area contributed by atoms with Crippen LogP contribution in [0.25, 0.3) is 6.08 Å². The highest BCUT2D eigenvalue weighted by molar-refractivity contribution is 8.18. The number of rotatable bonds is 8. The SMILES string of the molecule is CCCN1C(=O)/C(=C\c2cc([N+](=O)[O-])cc(OC)c2O)SC1=Nc1ccc(OCC)cc1. The van der Waals surface area contributed by atoms with Crippen LogP contribution in [0, 0.1) is 10.1 Å². The van der Waals surface area contributed by atoms with Crippen LogP contribution in [0.4, 0.5) is 11.4 Å². The number of amides is 1. The molecule has 0 radical (unpaired) electrons. The van der Waals surface area contributed by atoms with E-state index in [0.29, 0.717) is 28.9 Å². The average Bonchev–Trinajstić information content (AvgIpc) is 3.05. The molecule has 10 heteroatoms. The zero-order valence-corrected chi connectivity index (χ0v) is 18.7. The van der Waals surface area contributed by atoms with Crippen LogP contribution in [0.3, 0.4) is 0 Å². The Morgan fingerprint density at radius 2 is 1.97 bits per heavy atom. The van der Waals surface area contributed by atoms with Crippen LogP contribution in [0.5, 0.6) is 17.2 Å². The Morgan fingerprint density at radius 3 is 2.56 bits per heavy atom. The predicted octanol–water partition coefficient (Wildman–Crippen LogP) is 4.72. The molecule has 0 saturated carbocycles. The Hall–Kier alpha value is -3.53. The number of phenols is 1. The molecule has 2 aromatic rings. The van der Waals surface area contributed by atoms with Crippen molar-refractivity contribution in [2.75, 3.05) is 20.3 Å². The van der Waals surface area contributed by atoms with E-state index >= 15 is 0 Å². The first kappa shape index (κ1) is 23.1. The van der Waals surface area contributed by atoms with Crippen LogP contribution in [0.2, 0.25) is 0 Å². The first-order chi connectivity index (χ1) is 15.4. The number of benzene rings is 2. The number of nitrogens with zero attached hydrogens (tertiary/aromatic N) is 3. The van der Waals surface area contributed by atoms with Crippen LogP contribution in [-0.2, 0) is 4.79 Å². The number of non-ortho nitro benzene ring substituents is 1. The molecule has 1 saturated heterocycles. The van der Waals surface area contributed by atoms with Gasteiger partial charge in [-0.25, -0.2) is 4.99 Å². The van der Waals surface area contributed by atoms with Crippen molar-refractivity contribution in [3.63, 3.8) is 0 Å². The molecular weight excluding hydrogens is 434 g/mol. The number of aliphatic imine (C=N–C) groups is 1. The third-order valence-electron chi connectivity index (χ3n) is 4.51. The number of nitro groups is 1. The van der Waals surface area contributed by atoms with Gasteiger partial charge in [-0.1, -0.05) is 6.92 Å². The summed E-state index contributed by atoms with van der Waals surface area (Å²) in [7, 11) is 1.30. The van der Waals surface area contributed by atoms with Gasteiger partial charge in [-0.15, -0.1) is 0 Å². The summed E-state index contributed by atoms with van der Waals surface area (Å²) in [6.07, 6.45) is 2.14. The number of carbonyl (C=O) groups excluding carboxylic acids is 1. The number of hydrogen-bond acceptors (Lipinski definition) is 8. The van der Waals surface area contributed by atoms with Crippen molar-refractivity contribution >= 4 is 40.3 Å². The van der Waals surface area contributed by atoms with E-state index in [9.17, 15) is 20.0 Å². The van der Waals surface area contributed by atoms with E-state index in [0.717, 1.165) is 30.0 Å². The van der Waals surface area contributed by atoms with Crippen LogP contribution in [-0.4, -0.2) is 46.3 Å². The summed E-state index contributed by atoms with van der Waals surface area (Å²) in [6, 6.07) is 9.53. The molecule has 1 amide bonds. The van der Waals surface area contributed by atoms with Gasteiger partial charge in [-0.2, -0.15) is 0 Å².